The highest BCUT2D eigenvalue weighted by atomic mass is 32.2. The van der Waals surface area contributed by atoms with E-state index < -0.39 is 34.8 Å². The molecule has 1 atom stereocenters. The molecule has 0 aliphatic rings. The third-order valence-corrected chi connectivity index (χ3v) is 4.81. The Hall–Kier alpha value is -2.57. The second-order valence-electron chi connectivity index (χ2n) is 5.81. The van der Waals surface area contributed by atoms with Crippen molar-refractivity contribution in [3.63, 3.8) is 0 Å². The molecule has 0 saturated carbocycles. The number of carbonyl (C=O) groups is 1. The van der Waals surface area contributed by atoms with E-state index in [9.17, 15) is 27.5 Å². The average Bonchev–Trinajstić information content (AvgIpc) is 2.60. The number of anilines is 1. The van der Waals surface area contributed by atoms with Crippen molar-refractivity contribution in [2.75, 3.05) is 11.1 Å². The minimum atomic E-state index is -4.75. The maximum atomic E-state index is 13.0. The van der Waals surface area contributed by atoms with Crippen molar-refractivity contribution in [3.05, 3.63) is 65.3 Å². The second-order valence-corrected chi connectivity index (χ2v) is 6.86. The number of nitrogens with one attached hydrogen (secondary N) is 1. The first-order chi connectivity index (χ1) is 12.5. The fourth-order valence-electron chi connectivity index (χ4n) is 2.02. The van der Waals surface area contributed by atoms with Gasteiger partial charge in [0.15, 0.2) is 5.69 Å². The molecule has 9 heteroatoms. The summed E-state index contributed by atoms with van der Waals surface area (Å²) in [4.78, 5) is 15.7. The second kappa shape index (κ2) is 7.98. The average molecular weight is 398 g/mol. The van der Waals surface area contributed by atoms with Gasteiger partial charge in [0.05, 0.1) is 12.1 Å². The Labute approximate surface area is 157 Å². The van der Waals surface area contributed by atoms with Gasteiger partial charge in [-0.15, -0.1) is 11.8 Å². The lowest BCUT2D eigenvalue weighted by Gasteiger charge is -2.22. The van der Waals surface area contributed by atoms with Crippen molar-refractivity contribution in [3.8, 4) is 0 Å². The van der Waals surface area contributed by atoms with E-state index in [0.29, 0.717) is 11.0 Å². The molecule has 0 aliphatic carbocycles. The topological polar surface area (TPSA) is 53.7 Å². The highest BCUT2D eigenvalue weighted by Gasteiger charge is 2.35. The first kappa shape index (κ1) is 20.7. The first-order valence-corrected chi connectivity index (χ1v) is 8.52. The van der Waals surface area contributed by atoms with E-state index in [1.54, 1.807) is 0 Å². The van der Waals surface area contributed by atoms with E-state index in [4.69, 9.17) is 6.57 Å². The molecule has 0 aromatic heterocycles. The molecule has 27 heavy (non-hydrogen) atoms. The summed E-state index contributed by atoms with van der Waals surface area (Å²) in [6, 6.07) is 8.17. The van der Waals surface area contributed by atoms with E-state index in [-0.39, 0.29) is 11.4 Å². The standard InChI is InChI=1S/C18H14F4N2O2S/c1-17(26,10-27-13-6-3-11(19)4-7-13)16(25)24-12-5-8-15(23-2)14(9-12)18(20,21)22/h3-9,26H,10H2,1H3,(H,24,25)/t17-/m0/s1. The van der Waals surface area contributed by atoms with Gasteiger partial charge in [-0.05, 0) is 43.3 Å². The van der Waals surface area contributed by atoms with Gasteiger partial charge in [-0.25, -0.2) is 9.24 Å². The van der Waals surface area contributed by atoms with Crippen LogP contribution < -0.4 is 5.32 Å². The zero-order valence-electron chi connectivity index (χ0n) is 14.0. The molecule has 2 aromatic rings. The molecule has 0 radical (unpaired) electrons. The van der Waals surface area contributed by atoms with Crippen molar-refractivity contribution < 1.29 is 27.5 Å². The zero-order chi connectivity index (χ0) is 20.2. The summed E-state index contributed by atoms with van der Waals surface area (Å²) in [6.07, 6.45) is -4.75. The zero-order valence-corrected chi connectivity index (χ0v) is 14.8. The summed E-state index contributed by atoms with van der Waals surface area (Å²) in [5.74, 6) is -1.43. The summed E-state index contributed by atoms with van der Waals surface area (Å²) in [5.41, 5.74) is -3.84. The number of carbonyl (C=O) groups excluding carboxylic acids is 1. The van der Waals surface area contributed by atoms with Crippen molar-refractivity contribution in [2.24, 2.45) is 0 Å². The van der Waals surface area contributed by atoms with Crippen LogP contribution >= 0.6 is 11.8 Å². The summed E-state index contributed by atoms with van der Waals surface area (Å²) in [6.45, 7) is 8.02. The fraction of sp³-hybridized carbons (Fsp3) is 0.222. The maximum absolute atomic E-state index is 13.0. The van der Waals surface area contributed by atoms with Crippen LogP contribution in [0.3, 0.4) is 0 Å². The highest BCUT2D eigenvalue weighted by molar-refractivity contribution is 7.99. The predicted octanol–water partition coefficient (Wildman–Crippen LogP) is 4.88. The molecule has 1 amide bonds. The summed E-state index contributed by atoms with van der Waals surface area (Å²) >= 11 is 1.09. The SMILES string of the molecule is [C-]#[N+]c1ccc(NC(=O)[C@@](C)(O)CSc2ccc(F)cc2)cc1C(F)(F)F. The van der Waals surface area contributed by atoms with Crippen LogP contribution in [0.2, 0.25) is 0 Å². The lowest BCUT2D eigenvalue weighted by Crippen LogP contribution is -2.42. The van der Waals surface area contributed by atoms with E-state index >= 15 is 0 Å². The summed E-state index contributed by atoms with van der Waals surface area (Å²) in [7, 11) is 0. The van der Waals surface area contributed by atoms with E-state index in [1.165, 1.54) is 31.2 Å². The first-order valence-electron chi connectivity index (χ1n) is 7.54. The van der Waals surface area contributed by atoms with Crippen LogP contribution in [0, 0.1) is 12.4 Å². The van der Waals surface area contributed by atoms with Gasteiger partial charge in [-0.1, -0.05) is 6.07 Å². The fourth-order valence-corrected chi connectivity index (χ4v) is 2.93. The molecular weight excluding hydrogens is 384 g/mol. The number of hydrogen-bond acceptors (Lipinski definition) is 3. The number of alkyl halides is 3. The maximum Gasteiger partial charge on any atom is 0.407 e. The number of hydrogen-bond donors (Lipinski definition) is 2. The molecule has 0 saturated heterocycles. The van der Waals surface area contributed by atoms with Crippen LogP contribution in [0.1, 0.15) is 12.5 Å². The molecule has 0 bridgehead atoms. The number of thioether (sulfide) groups is 1. The van der Waals surface area contributed by atoms with Gasteiger partial charge in [0, 0.05) is 16.3 Å². The Morgan fingerprint density at radius 3 is 2.41 bits per heavy atom. The van der Waals surface area contributed by atoms with Gasteiger partial charge < -0.3 is 10.4 Å². The Kier molecular flexibility index (Phi) is 6.13. The van der Waals surface area contributed by atoms with Crippen LogP contribution in [0.15, 0.2) is 47.4 Å². The molecule has 0 fully saturated rings. The van der Waals surface area contributed by atoms with Crippen LogP contribution in [-0.4, -0.2) is 22.4 Å². The minimum absolute atomic E-state index is 0.100. The number of nitrogens with zero attached hydrogens (tertiary/aromatic N) is 1. The highest BCUT2D eigenvalue weighted by Crippen LogP contribution is 2.38. The molecule has 2 aromatic carbocycles. The summed E-state index contributed by atoms with van der Waals surface area (Å²) in [5, 5.41) is 12.5. The van der Waals surface area contributed by atoms with Gasteiger partial charge in [0.2, 0.25) is 0 Å². The third-order valence-electron chi connectivity index (χ3n) is 3.50. The van der Waals surface area contributed by atoms with Crippen molar-refractivity contribution in [2.45, 2.75) is 23.6 Å². The van der Waals surface area contributed by atoms with E-state index in [1.807, 2.05) is 0 Å². The van der Waals surface area contributed by atoms with Gasteiger partial charge in [0.1, 0.15) is 11.4 Å². The number of benzene rings is 2. The van der Waals surface area contributed by atoms with E-state index in [2.05, 4.69) is 10.2 Å². The molecule has 142 valence electrons. The molecule has 0 aliphatic heterocycles. The largest absolute Gasteiger partial charge is 0.407 e. The molecule has 0 heterocycles. The third kappa shape index (κ3) is 5.45. The Morgan fingerprint density at radius 1 is 1.22 bits per heavy atom. The van der Waals surface area contributed by atoms with Crippen molar-refractivity contribution >= 4 is 29.0 Å². The van der Waals surface area contributed by atoms with Crippen LogP contribution in [0.5, 0.6) is 0 Å². The monoisotopic (exact) mass is 398 g/mol. The van der Waals surface area contributed by atoms with Gasteiger partial charge >= 0.3 is 6.18 Å². The normalized spacial score (nSPS) is 13.5. The molecule has 0 spiro atoms. The Morgan fingerprint density at radius 2 is 1.85 bits per heavy atom. The predicted molar refractivity (Wildman–Crippen MR) is 94.1 cm³/mol. The van der Waals surface area contributed by atoms with Crippen LogP contribution in [0.25, 0.3) is 4.85 Å². The van der Waals surface area contributed by atoms with Crippen molar-refractivity contribution in [1.82, 2.24) is 0 Å². The number of rotatable bonds is 5. The number of aliphatic hydroxyl groups is 1. The smallest absolute Gasteiger partial charge is 0.379 e. The molecule has 0 unspecified atom stereocenters. The molecule has 2 rings (SSSR count). The van der Waals surface area contributed by atoms with Gasteiger partial charge in [-0.2, -0.15) is 13.2 Å². The van der Waals surface area contributed by atoms with Crippen LogP contribution in [-0.2, 0) is 11.0 Å². The Balaban J connectivity index is 2.11. The lowest BCUT2D eigenvalue weighted by atomic mass is 10.1. The van der Waals surface area contributed by atoms with Crippen LogP contribution in [0.4, 0.5) is 28.9 Å². The summed E-state index contributed by atoms with van der Waals surface area (Å²) < 4.78 is 51.8. The quantitative estimate of drug-likeness (QED) is 0.429. The van der Waals surface area contributed by atoms with Gasteiger partial charge in [-0.3, -0.25) is 4.79 Å². The lowest BCUT2D eigenvalue weighted by molar-refractivity contribution is -0.137. The molecule has 4 nitrogen and oxygen atoms in total. The Bertz CT molecular complexity index is 874. The molecule has 2 N–H and O–H groups in total. The molecular formula is C18H14F4N2O2S. The van der Waals surface area contributed by atoms with E-state index in [0.717, 1.165) is 23.9 Å². The number of amides is 1. The van der Waals surface area contributed by atoms with Crippen molar-refractivity contribution in [1.29, 1.82) is 0 Å². The minimum Gasteiger partial charge on any atom is -0.379 e. The number of halogens is 4. The van der Waals surface area contributed by atoms with Gasteiger partial charge in [0.25, 0.3) is 5.91 Å².